The zero-order valence-electron chi connectivity index (χ0n) is 23.2. The molecule has 206 valence electrons. The van der Waals surface area contributed by atoms with Gasteiger partial charge in [-0.1, -0.05) is 43.5 Å². The fourth-order valence-corrected chi connectivity index (χ4v) is 6.89. The Kier molecular flexibility index (Phi) is 6.83. The molecule has 3 fully saturated rings. The van der Waals surface area contributed by atoms with Crippen molar-refractivity contribution in [2.24, 2.45) is 11.8 Å². The Hall–Kier alpha value is -2.87. The molecule has 3 amide bonds. The Morgan fingerprint density at radius 1 is 1.08 bits per heavy atom. The number of likely N-dealkylation sites (tertiary alicyclic amines) is 1. The summed E-state index contributed by atoms with van der Waals surface area (Å²) in [4.78, 5) is 43.3. The molecule has 1 aliphatic carbocycles. The Morgan fingerprint density at radius 2 is 1.76 bits per heavy atom. The number of hydrogen-bond donors (Lipinski definition) is 2. The molecule has 3 heterocycles. The highest BCUT2D eigenvalue weighted by Crippen LogP contribution is 2.59. The third kappa shape index (κ3) is 4.61. The summed E-state index contributed by atoms with van der Waals surface area (Å²) in [6.45, 7) is 7.97. The van der Waals surface area contributed by atoms with Gasteiger partial charge in [-0.3, -0.25) is 14.4 Å². The lowest BCUT2D eigenvalue weighted by Crippen LogP contribution is -2.58. The summed E-state index contributed by atoms with van der Waals surface area (Å²) in [5.74, 6) is -1.26. The monoisotopic (exact) mass is 523 g/mol. The van der Waals surface area contributed by atoms with Gasteiger partial charge in [0.2, 0.25) is 17.7 Å². The summed E-state index contributed by atoms with van der Waals surface area (Å²) in [5, 5.41) is 6.30. The second kappa shape index (κ2) is 9.70. The Morgan fingerprint density at radius 3 is 2.39 bits per heavy atom. The van der Waals surface area contributed by atoms with Gasteiger partial charge in [0, 0.05) is 18.1 Å². The molecule has 38 heavy (non-hydrogen) atoms. The lowest BCUT2D eigenvalue weighted by Gasteiger charge is -2.35. The molecule has 1 aromatic carbocycles. The van der Waals surface area contributed by atoms with Crippen LogP contribution in [-0.4, -0.2) is 65.1 Å². The van der Waals surface area contributed by atoms with Gasteiger partial charge in [-0.25, -0.2) is 0 Å². The van der Waals surface area contributed by atoms with Gasteiger partial charge in [0.15, 0.2) is 0 Å². The quantitative estimate of drug-likeness (QED) is 0.536. The first-order chi connectivity index (χ1) is 18.0. The van der Waals surface area contributed by atoms with Crippen molar-refractivity contribution in [2.75, 3.05) is 13.7 Å². The van der Waals surface area contributed by atoms with Crippen LogP contribution in [0.5, 0.6) is 5.75 Å². The van der Waals surface area contributed by atoms with Gasteiger partial charge < -0.3 is 25.0 Å². The van der Waals surface area contributed by atoms with Crippen LogP contribution in [0, 0.1) is 11.8 Å². The van der Waals surface area contributed by atoms with E-state index < -0.39 is 34.6 Å². The number of carbonyl (C=O) groups excluding carboxylic acids is 3. The molecular formula is C30H41N3O5. The number of nitrogens with zero attached hydrogens (tertiary/aromatic N) is 1. The van der Waals surface area contributed by atoms with Crippen LogP contribution >= 0.6 is 0 Å². The van der Waals surface area contributed by atoms with Gasteiger partial charge in [0.25, 0.3) is 0 Å². The van der Waals surface area contributed by atoms with Crippen LogP contribution in [0.25, 0.3) is 0 Å². The van der Waals surface area contributed by atoms with Crippen LogP contribution in [0.1, 0.15) is 65.4 Å². The summed E-state index contributed by atoms with van der Waals surface area (Å²) >= 11 is 0. The molecule has 2 bridgehead atoms. The van der Waals surface area contributed by atoms with Crippen molar-refractivity contribution in [3.05, 3.63) is 42.0 Å². The highest BCUT2D eigenvalue weighted by molar-refractivity contribution is 6.00. The third-order valence-electron chi connectivity index (χ3n) is 8.58. The Bertz CT molecular complexity index is 1120. The highest BCUT2D eigenvalue weighted by atomic mass is 16.5. The molecule has 0 aromatic heterocycles. The molecule has 8 nitrogen and oxygen atoms in total. The van der Waals surface area contributed by atoms with Crippen molar-refractivity contribution in [1.82, 2.24) is 15.5 Å². The summed E-state index contributed by atoms with van der Waals surface area (Å²) < 4.78 is 11.9. The van der Waals surface area contributed by atoms with Crippen molar-refractivity contribution >= 4 is 17.7 Å². The van der Waals surface area contributed by atoms with Crippen LogP contribution in [0.4, 0.5) is 0 Å². The topological polar surface area (TPSA) is 97.0 Å². The number of fused-ring (bicyclic) bond motifs is 1. The zero-order valence-corrected chi connectivity index (χ0v) is 23.2. The summed E-state index contributed by atoms with van der Waals surface area (Å²) in [6.07, 6.45) is 9.65. The van der Waals surface area contributed by atoms with Crippen molar-refractivity contribution in [3.8, 4) is 5.75 Å². The average molecular weight is 524 g/mol. The predicted molar refractivity (Wildman–Crippen MR) is 143 cm³/mol. The largest absolute Gasteiger partial charge is 0.497 e. The van der Waals surface area contributed by atoms with E-state index in [1.165, 1.54) is 6.42 Å². The molecule has 5 rings (SSSR count). The molecule has 8 heteroatoms. The van der Waals surface area contributed by atoms with E-state index in [0.29, 0.717) is 13.0 Å². The third-order valence-corrected chi connectivity index (χ3v) is 8.58. The molecule has 1 spiro atoms. The maximum absolute atomic E-state index is 14.2. The van der Waals surface area contributed by atoms with Gasteiger partial charge in [0.05, 0.1) is 24.5 Å². The smallest absolute Gasteiger partial charge is 0.246 e. The number of benzene rings is 1. The van der Waals surface area contributed by atoms with E-state index >= 15 is 0 Å². The zero-order chi connectivity index (χ0) is 27.3. The summed E-state index contributed by atoms with van der Waals surface area (Å²) in [6, 6.07) is 6.97. The Balaban J connectivity index is 1.45. The fourth-order valence-electron chi connectivity index (χ4n) is 6.89. The van der Waals surface area contributed by atoms with E-state index in [-0.39, 0.29) is 23.8 Å². The van der Waals surface area contributed by atoms with E-state index in [2.05, 4.69) is 10.6 Å². The van der Waals surface area contributed by atoms with Gasteiger partial charge in [-0.05, 0) is 64.7 Å². The number of ether oxygens (including phenoxy) is 2. The van der Waals surface area contributed by atoms with Crippen LogP contribution in [0.3, 0.4) is 0 Å². The lowest BCUT2D eigenvalue weighted by atomic mass is 9.70. The maximum atomic E-state index is 14.2. The molecule has 5 unspecified atom stereocenters. The predicted octanol–water partition coefficient (Wildman–Crippen LogP) is 3.14. The lowest BCUT2D eigenvalue weighted by molar-refractivity contribution is -0.145. The van der Waals surface area contributed by atoms with E-state index in [9.17, 15) is 14.4 Å². The first kappa shape index (κ1) is 26.7. The molecule has 5 atom stereocenters. The van der Waals surface area contributed by atoms with Crippen molar-refractivity contribution < 1.29 is 23.9 Å². The maximum Gasteiger partial charge on any atom is 0.246 e. The van der Waals surface area contributed by atoms with Crippen LogP contribution < -0.4 is 15.4 Å². The first-order valence-electron chi connectivity index (χ1n) is 13.9. The highest BCUT2D eigenvalue weighted by Gasteiger charge is 2.76. The van der Waals surface area contributed by atoms with E-state index in [1.54, 1.807) is 12.0 Å². The van der Waals surface area contributed by atoms with E-state index in [1.807, 2.05) is 64.1 Å². The fraction of sp³-hybridized carbons (Fsp3) is 0.633. The first-order valence-corrected chi connectivity index (χ1v) is 13.9. The van der Waals surface area contributed by atoms with Gasteiger partial charge >= 0.3 is 0 Å². The van der Waals surface area contributed by atoms with Crippen LogP contribution in [0.2, 0.25) is 0 Å². The standard InChI is InChI=1S/C30H41N3O5/c1-28(2,3)32-26(35)24-30-17-16-29(4,38-30)22(25(34)31-20-9-7-6-8-10-20)23(30)27(36)33(24)18-15-19-11-13-21(37-5)14-12-19/h11-14,16-17,20,22-24H,6-10,15,18H2,1-5H3,(H,31,34)(H,32,35). The molecule has 1 saturated carbocycles. The van der Waals surface area contributed by atoms with E-state index in [4.69, 9.17) is 9.47 Å². The summed E-state index contributed by atoms with van der Waals surface area (Å²) in [5.41, 5.74) is -1.56. The van der Waals surface area contributed by atoms with Gasteiger partial charge in [0.1, 0.15) is 17.4 Å². The molecule has 0 radical (unpaired) electrons. The minimum atomic E-state index is -1.17. The second-order valence-electron chi connectivity index (χ2n) is 12.5. The average Bonchev–Trinajstić information content (AvgIpc) is 3.43. The summed E-state index contributed by atoms with van der Waals surface area (Å²) in [7, 11) is 1.62. The molecule has 2 N–H and O–H groups in total. The molecule has 2 saturated heterocycles. The SMILES string of the molecule is COc1ccc(CCN2C(=O)C3C(C(=O)NC4CCCCC4)C4(C)C=CC3(O4)C2C(=O)NC(C)(C)C)cc1. The molecular weight excluding hydrogens is 482 g/mol. The number of carbonyl (C=O) groups is 3. The van der Waals surface area contributed by atoms with Crippen LogP contribution in [-0.2, 0) is 25.5 Å². The van der Waals surface area contributed by atoms with Crippen molar-refractivity contribution in [2.45, 2.75) is 95.0 Å². The minimum Gasteiger partial charge on any atom is -0.497 e. The number of hydrogen-bond acceptors (Lipinski definition) is 5. The van der Waals surface area contributed by atoms with Gasteiger partial charge in [-0.2, -0.15) is 0 Å². The molecule has 3 aliphatic heterocycles. The van der Waals surface area contributed by atoms with Crippen LogP contribution in [0.15, 0.2) is 36.4 Å². The minimum absolute atomic E-state index is 0.126. The van der Waals surface area contributed by atoms with Crippen molar-refractivity contribution in [3.63, 3.8) is 0 Å². The number of methoxy groups -OCH3 is 1. The Labute approximate surface area is 225 Å². The number of nitrogens with one attached hydrogen (secondary N) is 2. The number of rotatable bonds is 7. The normalized spacial score (nSPS) is 32.4. The molecule has 1 aromatic rings. The van der Waals surface area contributed by atoms with E-state index in [0.717, 1.165) is 37.0 Å². The molecule has 4 aliphatic rings. The van der Waals surface area contributed by atoms with Crippen molar-refractivity contribution in [1.29, 1.82) is 0 Å². The number of amides is 3. The second-order valence-corrected chi connectivity index (χ2v) is 12.5. The van der Waals surface area contributed by atoms with Gasteiger partial charge in [-0.15, -0.1) is 0 Å².